The van der Waals surface area contributed by atoms with Gasteiger partial charge in [0.25, 0.3) is 0 Å². The summed E-state index contributed by atoms with van der Waals surface area (Å²) >= 11 is 6.08. The first-order chi connectivity index (χ1) is 11.0. The highest BCUT2D eigenvalue weighted by molar-refractivity contribution is 6.33. The number of methoxy groups -OCH3 is 1. The first-order valence-corrected chi connectivity index (χ1v) is 7.36. The highest BCUT2D eigenvalue weighted by Crippen LogP contribution is 2.25. The van der Waals surface area contributed by atoms with Gasteiger partial charge in [-0.05, 0) is 24.1 Å². The Balaban J connectivity index is 2.17. The number of carbonyl (C=O) groups excluding carboxylic acids is 2. The fourth-order valence-corrected chi connectivity index (χ4v) is 2.38. The van der Waals surface area contributed by atoms with E-state index >= 15 is 0 Å². The van der Waals surface area contributed by atoms with Crippen LogP contribution in [0.4, 0.5) is 10.5 Å². The van der Waals surface area contributed by atoms with Crippen LogP contribution in [0.15, 0.2) is 48.5 Å². The van der Waals surface area contributed by atoms with Crippen LogP contribution < -0.4 is 10.6 Å². The van der Waals surface area contributed by atoms with E-state index < -0.39 is 18.0 Å². The molecule has 1 atom stereocenters. The van der Waals surface area contributed by atoms with Gasteiger partial charge in [0.1, 0.15) is 0 Å². The fourth-order valence-electron chi connectivity index (χ4n) is 2.11. The number of para-hydroxylation sites is 1. The Morgan fingerprint density at radius 3 is 2.39 bits per heavy atom. The Morgan fingerprint density at radius 1 is 1.09 bits per heavy atom. The second-order valence-electron chi connectivity index (χ2n) is 4.90. The number of amides is 2. The lowest BCUT2D eigenvalue weighted by atomic mass is 10.1. The topological polar surface area (TPSA) is 67.4 Å². The number of halogens is 1. The van der Waals surface area contributed by atoms with Crippen molar-refractivity contribution in [3.8, 4) is 0 Å². The zero-order chi connectivity index (χ0) is 16.8. The predicted octanol–water partition coefficient (Wildman–Crippen LogP) is 3.68. The van der Waals surface area contributed by atoms with E-state index in [1.165, 1.54) is 7.11 Å². The molecule has 0 bridgehead atoms. The number of aryl methyl sites for hydroxylation is 1. The summed E-state index contributed by atoms with van der Waals surface area (Å²) in [6.45, 7) is 1.83. The Kier molecular flexibility index (Phi) is 5.60. The van der Waals surface area contributed by atoms with Crippen LogP contribution in [0.2, 0.25) is 5.02 Å². The first-order valence-electron chi connectivity index (χ1n) is 6.98. The maximum absolute atomic E-state index is 12.2. The molecule has 2 rings (SSSR count). The van der Waals surface area contributed by atoms with Crippen LogP contribution in [-0.4, -0.2) is 19.1 Å². The van der Waals surface area contributed by atoms with E-state index in [9.17, 15) is 9.59 Å². The van der Waals surface area contributed by atoms with E-state index in [1.54, 1.807) is 36.4 Å². The van der Waals surface area contributed by atoms with E-state index in [0.717, 1.165) is 5.56 Å². The lowest BCUT2D eigenvalue weighted by molar-refractivity contribution is -0.143. The van der Waals surface area contributed by atoms with Crippen LogP contribution in [-0.2, 0) is 9.53 Å². The lowest BCUT2D eigenvalue weighted by Gasteiger charge is -2.18. The van der Waals surface area contributed by atoms with Gasteiger partial charge in [-0.25, -0.2) is 9.59 Å². The molecule has 6 heteroatoms. The molecule has 0 heterocycles. The van der Waals surface area contributed by atoms with E-state index in [-0.39, 0.29) is 0 Å². The van der Waals surface area contributed by atoms with Gasteiger partial charge in [0.15, 0.2) is 6.04 Å². The predicted molar refractivity (Wildman–Crippen MR) is 89.5 cm³/mol. The van der Waals surface area contributed by atoms with Gasteiger partial charge in [0, 0.05) is 0 Å². The smallest absolute Gasteiger partial charge is 0.333 e. The second-order valence-corrected chi connectivity index (χ2v) is 5.30. The molecule has 0 radical (unpaired) electrons. The van der Waals surface area contributed by atoms with Crippen molar-refractivity contribution in [2.24, 2.45) is 0 Å². The number of urea groups is 1. The van der Waals surface area contributed by atoms with Gasteiger partial charge in [-0.2, -0.15) is 0 Å². The molecule has 2 aromatic carbocycles. The van der Waals surface area contributed by atoms with Crippen molar-refractivity contribution in [1.29, 1.82) is 0 Å². The molecule has 0 saturated carbocycles. The minimum atomic E-state index is -0.899. The SMILES string of the molecule is COC(=O)C(NC(=O)Nc1c(C)cccc1Cl)c1ccccc1. The maximum atomic E-state index is 12.2. The molecular formula is C17H17ClN2O3. The van der Waals surface area contributed by atoms with Gasteiger partial charge >= 0.3 is 12.0 Å². The van der Waals surface area contributed by atoms with Crippen molar-refractivity contribution in [2.75, 3.05) is 12.4 Å². The number of anilines is 1. The monoisotopic (exact) mass is 332 g/mol. The third-order valence-electron chi connectivity index (χ3n) is 3.31. The summed E-state index contributed by atoms with van der Waals surface area (Å²) in [5, 5.41) is 5.70. The number of esters is 1. The van der Waals surface area contributed by atoms with Crippen LogP contribution in [0.3, 0.4) is 0 Å². The van der Waals surface area contributed by atoms with Gasteiger partial charge in [-0.3, -0.25) is 0 Å². The molecule has 2 aromatic rings. The molecule has 120 valence electrons. The summed E-state index contributed by atoms with van der Waals surface area (Å²) in [6.07, 6.45) is 0. The molecule has 2 amide bonds. The van der Waals surface area contributed by atoms with Crippen molar-refractivity contribution < 1.29 is 14.3 Å². The molecule has 2 N–H and O–H groups in total. The van der Waals surface area contributed by atoms with Crippen molar-refractivity contribution in [3.63, 3.8) is 0 Å². The fraction of sp³-hybridized carbons (Fsp3) is 0.176. The molecule has 0 fully saturated rings. The summed E-state index contributed by atoms with van der Waals surface area (Å²) < 4.78 is 4.76. The van der Waals surface area contributed by atoms with Crippen molar-refractivity contribution >= 4 is 29.3 Å². The molecule has 0 spiro atoms. The summed E-state index contributed by atoms with van der Waals surface area (Å²) in [5.74, 6) is -0.553. The second kappa shape index (κ2) is 7.65. The van der Waals surface area contributed by atoms with Crippen LogP contribution in [0.5, 0.6) is 0 Å². The van der Waals surface area contributed by atoms with E-state index in [2.05, 4.69) is 10.6 Å². The van der Waals surface area contributed by atoms with Gasteiger partial charge in [-0.15, -0.1) is 0 Å². The molecule has 0 aliphatic carbocycles. The number of benzene rings is 2. The summed E-state index contributed by atoms with van der Waals surface area (Å²) in [6, 6.07) is 12.7. The Morgan fingerprint density at radius 2 is 1.78 bits per heavy atom. The third kappa shape index (κ3) is 4.23. The molecule has 0 aliphatic rings. The Labute approximate surface area is 139 Å². The summed E-state index contributed by atoms with van der Waals surface area (Å²) in [4.78, 5) is 24.2. The third-order valence-corrected chi connectivity index (χ3v) is 3.62. The Hall–Kier alpha value is -2.53. The van der Waals surface area contributed by atoms with Gasteiger partial charge in [-0.1, -0.05) is 54.1 Å². The number of rotatable bonds is 4. The molecule has 0 aromatic heterocycles. The van der Waals surface area contributed by atoms with Crippen LogP contribution >= 0.6 is 11.6 Å². The molecule has 23 heavy (non-hydrogen) atoms. The van der Waals surface area contributed by atoms with E-state index in [0.29, 0.717) is 16.3 Å². The quantitative estimate of drug-likeness (QED) is 0.839. The Bertz CT molecular complexity index is 684. The molecule has 1 unspecified atom stereocenters. The maximum Gasteiger partial charge on any atom is 0.333 e. The number of ether oxygens (including phenoxy) is 1. The highest BCUT2D eigenvalue weighted by Gasteiger charge is 2.23. The van der Waals surface area contributed by atoms with E-state index in [4.69, 9.17) is 16.3 Å². The van der Waals surface area contributed by atoms with Crippen LogP contribution in [0, 0.1) is 6.92 Å². The molecular weight excluding hydrogens is 316 g/mol. The lowest BCUT2D eigenvalue weighted by Crippen LogP contribution is -2.37. The minimum Gasteiger partial charge on any atom is -0.467 e. The number of nitrogens with one attached hydrogen (secondary N) is 2. The van der Waals surface area contributed by atoms with Gasteiger partial charge in [0.05, 0.1) is 17.8 Å². The van der Waals surface area contributed by atoms with Gasteiger partial charge < -0.3 is 15.4 Å². The standard InChI is InChI=1S/C17H17ClN2O3/c1-11-7-6-10-13(18)14(11)19-17(22)20-15(16(21)23-2)12-8-4-3-5-9-12/h3-10,15H,1-2H3,(H2,19,20,22). The zero-order valence-corrected chi connectivity index (χ0v) is 13.6. The normalized spacial score (nSPS) is 11.4. The summed E-state index contributed by atoms with van der Waals surface area (Å²) in [7, 11) is 1.27. The van der Waals surface area contributed by atoms with E-state index in [1.807, 2.05) is 19.1 Å². The van der Waals surface area contributed by atoms with Gasteiger partial charge in [0.2, 0.25) is 0 Å². The first kappa shape index (κ1) is 16.8. The number of hydrogen-bond acceptors (Lipinski definition) is 3. The number of carbonyl (C=O) groups is 2. The zero-order valence-electron chi connectivity index (χ0n) is 12.8. The summed E-state index contributed by atoms with van der Waals surface area (Å²) in [5.41, 5.74) is 1.95. The number of hydrogen-bond donors (Lipinski definition) is 2. The largest absolute Gasteiger partial charge is 0.467 e. The van der Waals surface area contributed by atoms with Crippen molar-refractivity contribution in [1.82, 2.24) is 5.32 Å². The molecule has 0 saturated heterocycles. The molecule has 5 nitrogen and oxygen atoms in total. The minimum absolute atomic E-state index is 0.425. The average Bonchev–Trinajstić information content (AvgIpc) is 2.56. The van der Waals surface area contributed by atoms with Crippen LogP contribution in [0.25, 0.3) is 0 Å². The highest BCUT2D eigenvalue weighted by atomic mass is 35.5. The molecule has 0 aliphatic heterocycles. The average molecular weight is 333 g/mol. The van der Waals surface area contributed by atoms with Crippen molar-refractivity contribution in [3.05, 3.63) is 64.7 Å². The van der Waals surface area contributed by atoms with Crippen LogP contribution in [0.1, 0.15) is 17.2 Å². The van der Waals surface area contributed by atoms with Crippen molar-refractivity contribution in [2.45, 2.75) is 13.0 Å².